The summed E-state index contributed by atoms with van der Waals surface area (Å²) >= 11 is 4.62. The molecule has 9 aromatic rings. The highest BCUT2D eigenvalue weighted by atomic mass is 32.2. The summed E-state index contributed by atoms with van der Waals surface area (Å²) in [6, 6.07) is 88.3. The maximum atomic E-state index is 15.3. The molecule has 6 N–H and O–H groups in total. The minimum Gasteiger partial charge on any atom is -0.368 e. The molecule has 76 heavy (non-hydrogen) atoms. The molecule has 0 heterocycles. The summed E-state index contributed by atoms with van der Waals surface area (Å²) in [5.74, 6) is -1.41. The van der Waals surface area contributed by atoms with Gasteiger partial charge in [-0.1, -0.05) is 273 Å². The van der Waals surface area contributed by atoms with Crippen LogP contribution >= 0.6 is 35.3 Å². The number of carbonyl (C=O) groups is 3. The third-order valence-electron chi connectivity index (χ3n) is 13.7. The van der Waals surface area contributed by atoms with Crippen LogP contribution < -0.4 is 22.1 Å². The minimum absolute atomic E-state index is 0.0821. The highest BCUT2D eigenvalue weighted by Gasteiger charge is 2.42. The summed E-state index contributed by atoms with van der Waals surface area (Å²) < 4.78 is -2.38. The molecule has 0 aliphatic carbocycles. The Balaban J connectivity index is 1.07. The van der Waals surface area contributed by atoms with Crippen molar-refractivity contribution in [3.63, 3.8) is 0 Å². The van der Waals surface area contributed by atoms with Gasteiger partial charge in [0.1, 0.15) is 12.1 Å². The minimum atomic E-state index is -1.18. The second kappa shape index (κ2) is 25.3. The summed E-state index contributed by atoms with van der Waals surface area (Å²) in [6.45, 7) is 0. The van der Waals surface area contributed by atoms with Gasteiger partial charge in [-0.25, -0.2) is 0 Å². The molecule has 0 aliphatic heterocycles. The Hall–Kier alpha value is -7.60. The van der Waals surface area contributed by atoms with Crippen molar-refractivity contribution in [3.8, 4) is 0 Å². The number of nitrogens with one attached hydrogen (secondary N) is 2. The molecule has 0 aromatic heterocycles. The average molecular weight is 1050 g/mol. The zero-order valence-corrected chi connectivity index (χ0v) is 44.4. The van der Waals surface area contributed by atoms with Crippen LogP contribution in [-0.4, -0.2) is 53.1 Å². The first-order valence-corrected chi connectivity index (χ1v) is 28.3. The molecule has 0 fully saturated rings. The molecule has 0 saturated carbocycles. The lowest BCUT2D eigenvalue weighted by molar-refractivity contribution is -0.130. The first-order valence-electron chi connectivity index (χ1n) is 25.3. The molecule has 9 aromatic carbocycles. The number of primary amides is 1. The van der Waals surface area contributed by atoms with E-state index in [1.807, 2.05) is 164 Å². The van der Waals surface area contributed by atoms with E-state index in [9.17, 15) is 9.59 Å². The summed E-state index contributed by atoms with van der Waals surface area (Å²) in [7, 11) is 0. The maximum Gasteiger partial charge on any atom is 0.244 e. The number of rotatable bonds is 23. The monoisotopic (exact) mass is 1050 g/mol. The fraction of sp³-hybridized carbons (Fsp3) is 0.136. The Kier molecular flexibility index (Phi) is 17.7. The van der Waals surface area contributed by atoms with Gasteiger partial charge in [-0.3, -0.25) is 14.4 Å². The lowest BCUT2D eigenvalue weighted by Gasteiger charge is -2.37. The molecule has 0 radical (unpaired) electrons. The number of hydrogen-bond acceptors (Lipinski definition) is 7. The topological polar surface area (TPSA) is 127 Å². The van der Waals surface area contributed by atoms with Crippen molar-refractivity contribution in [2.45, 2.75) is 32.4 Å². The van der Waals surface area contributed by atoms with Gasteiger partial charge in [0.05, 0.1) is 20.3 Å². The van der Waals surface area contributed by atoms with E-state index < -0.39 is 50.1 Å². The van der Waals surface area contributed by atoms with Crippen LogP contribution in [0.25, 0.3) is 0 Å². The van der Waals surface area contributed by atoms with Crippen LogP contribution in [0.4, 0.5) is 0 Å². The maximum absolute atomic E-state index is 15.3. The summed E-state index contributed by atoms with van der Waals surface area (Å²) in [4.78, 5) is 44.1. The molecular weight excluding hydrogens is 993 g/mol. The van der Waals surface area contributed by atoms with Gasteiger partial charge < -0.3 is 22.1 Å². The van der Waals surface area contributed by atoms with Crippen LogP contribution in [0.1, 0.15) is 50.1 Å². The highest BCUT2D eigenvalue weighted by molar-refractivity contribution is 8.01. The molecule has 10 heteroatoms. The Labute approximate surface area is 459 Å². The van der Waals surface area contributed by atoms with Crippen molar-refractivity contribution < 1.29 is 14.4 Å². The predicted octanol–water partition coefficient (Wildman–Crippen LogP) is 11.9. The highest BCUT2D eigenvalue weighted by Crippen LogP contribution is 2.51. The molecule has 0 spiro atoms. The van der Waals surface area contributed by atoms with Gasteiger partial charge in [-0.05, 0) is 50.1 Å². The van der Waals surface area contributed by atoms with Crippen LogP contribution in [-0.2, 0) is 28.6 Å². The zero-order chi connectivity index (χ0) is 52.6. The second-order valence-corrected chi connectivity index (χ2v) is 22.1. The molecule has 7 nitrogen and oxygen atoms in total. The third-order valence-corrected chi connectivity index (χ3v) is 18.6. The largest absolute Gasteiger partial charge is 0.368 e. The standard InChI is InChI=1S/C66H60N4O3S3/c67-58(46-74-64(49-28-10-1-11-29-49,50-30-12-2-13-31-50)51-32-14-3-15-33-51)62(72)70-60(48-76-66(55-40-22-7-23-41-55,56-42-24-8-25-43-56)57-44-26-9-27-45-57)63(73)69-59(61(68)71)47-75-65(52-34-16-4-17-35-52,53-36-18-5-19-37-53)54-38-20-6-21-39-54/h1-45,58-60H,46-48,67H2,(H2,68,71)(H,69,73)(H,70,72). The molecule has 3 unspecified atom stereocenters. The van der Waals surface area contributed by atoms with E-state index in [-0.39, 0.29) is 17.3 Å². The van der Waals surface area contributed by atoms with E-state index in [1.54, 1.807) is 11.8 Å². The molecule has 0 aliphatic rings. The van der Waals surface area contributed by atoms with Crippen LogP contribution in [0.5, 0.6) is 0 Å². The zero-order valence-electron chi connectivity index (χ0n) is 41.9. The van der Waals surface area contributed by atoms with Crippen LogP contribution in [0.3, 0.4) is 0 Å². The molecule has 0 saturated heterocycles. The fourth-order valence-corrected chi connectivity index (χ4v) is 14.6. The average Bonchev–Trinajstić information content (AvgIpc) is 3.50. The molecule has 380 valence electrons. The van der Waals surface area contributed by atoms with Gasteiger partial charge >= 0.3 is 0 Å². The number of nitrogens with two attached hydrogens (primary N) is 2. The quantitative estimate of drug-likeness (QED) is 0.0470. The van der Waals surface area contributed by atoms with E-state index >= 15 is 4.79 Å². The molecule has 3 amide bonds. The van der Waals surface area contributed by atoms with Crippen molar-refractivity contribution in [1.29, 1.82) is 0 Å². The summed E-state index contributed by atoms with van der Waals surface area (Å²) in [5.41, 5.74) is 22.4. The SMILES string of the molecule is NC(=O)C(CSC(c1ccccc1)(c1ccccc1)c1ccccc1)NC(=O)C(CSC(c1ccccc1)(c1ccccc1)c1ccccc1)NC(=O)C(N)CSC(c1ccccc1)(c1ccccc1)c1ccccc1. The number of hydrogen-bond donors (Lipinski definition) is 4. The third kappa shape index (κ3) is 11.6. The van der Waals surface area contributed by atoms with E-state index in [0.29, 0.717) is 0 Å². The van der Waals surface area contributed by atoms with Crippen LogP contribution in [0.2, 0.25) is 0 Å². The van der Waals surface area contributed by atoms with Crippen molar-refractivity contribution in [2.75, 3.05) is 17.3 Å². The number of amides is 3. The Morgan fingerprint density at radius 1 is 0.316 bits per heavy atom. The number of thioether (sulfide) groups is 3. The van der Waals surface area contributed by atoms with Gasteiger partial charge in [-0.2, -0.15) is 0 Å². The summed E-state index contributed by atoms with van der Waals surface area (Å²) in [6.07, 6.45) is 0. The van der Waals surface area contributed by atoms with E-state index in [2.05, 4.69) is 120 Å². The van der Waals surface area contributed by atoms with Gasteiger partial charge in [0.2, 0.25) is 17.7 Å². The Bertz CT molecular complexity index is 2950. The first kappa shape index (κ1) is 53.2. The summed E-state index contributed by atoms with van der Waals surface area (Å²) in [5, 5.41) is 6.18. The smallest absolute Gasteiger partial charge is 0.244 e. The van der Waals surface area contributed by atoms with Gasteiger partial charge in [0, 0.05) is 17.3 Å². The van der Waals surface area contributed by atoms with E-state index in [1.165, 1.54) is 23.5 Å². The lowest BCUT2D eigenvalue weighted by Crippen LogP contribution is -2.57. The number of carbonyl (C=O) groups excluding carboxylic acids is 3. The van der Waals surface area contributed by atoms with Gasteiger partial charge in [0.15, 0.2) is 0 Å². The molecule has 3 atom stereocenters. The van der Waals surface area contributed by atoms with Crippen molar-refractivity contribution in [1.82, 2.24) is 10.6 Å². The van der Waals surface area contributed by atoms with Crippen molar-refractivity contribution in [3.05, 3.63) is 323 Å². The van der Waals surface area contributed by atoms with E-state index in [4.69, 9.17) is 11.5 Å². The van der Waals surface area contributed by atoms with E-state index in [0.717, 1.165) is 50.1 Å². The predicted molar refractivity (Wildman–Crippen MR) is 316 cm³/mol. The van der Waals surface area contributed by atoms with Gasteiger partial charge in [0.25, 0.3) is 0 Å². The normalized spacial score (nSPS) is 12.9. The van der Waals surface area contributed by atoms with Crippen LogP contribution in [0.15, 0.2) is 273 Å². The van der Waals surface area contributed by atoms with Gasteiger partial charge in [-0.15, -0.1) is 35.3 Å². The number of benzene rings is 9. The molecule has 0 bridgehead atoms. The Morgan fingerprint density at radius 3 is 0.737 bits per heavy atom. The fourth-order valence-electron chi connectivity index (χ4n) is 9.94. The Morgan fingerprint density at radius 2 is 0.513 bits per heavy atom. The lowest BCUT2D eigenvalue weighted by atomic mass is 9.84. The first-order chi connectivity index (χ1) is 37.3. The van der Waals surface area contributed by atoms with Crippen molar-refractivity contribution in [2.24, 2.45) is 11.5 Å². The second-order valence-electron chi connectivity index (χ2n) is 18.4. The van der Waals surface area contributed by atoms with Crippen LogP contribution in [0, 0.1) is 0 Å². The molecular formula is C66H60N4O3S3. The van der Waals surface area contributed by atoms with Crippen molar-refractivity contribution >= 4 is 53.0 Å². The molecule has 9 rings (SSSR count).